The number of fused-ring (bicyclic) bond motifs is 3. The topological polar surface area (TPSA) is 119 Å². The average Bonchev–Trinajstić information content (AvgIpc) is 3.52. The molecule has 41 heavy (non-hydrogen) atoms. The molecule has 2 aromatic heterocycles. The first-order valence-electron chi connectivity index (χ1n) is 12.3. The summed E-state index contributed by atoms with van der Waals surface area (Å²) in [5.74, 6) is 1.86. The fourth-order valence-corrected chi connectivity index (χ4v) is 6.61. The number of carbonyl (C=O) groups is 2. The van der Waals surface area contributed by atoms with Crippen LogP contribution in [0.3, 0.4) is 0 Å². The number of carboxylic acid groups (broad SMARTS) is 1. The minimum absolute atomic E-state index is 0.0964. The Hall–Kier alpha value is -3.99. The number of thiazole rings is 1. The van der Waals surface area contributed by atoms with Crippen LogP contribution in [0.2, 0.25) is 5.02 Å². The van der Waals surface area contributed by atoms with Crippen molar-refractivity contribution >= 4 is 67.9 Å². The number of ether oxygens (including phenoxy) is 1. The Kier molecular flexibility index (Phi) is 7.74. The number of nitrogens with zero attached hydrogens (tertiary/aromatic N) is 5. The maximum absolute atomic E-state index is 14.5. The van der Waals surface area contributed by atoms with Crippen LogP contribution >= 0.6 is 34.5 Å². The summed E-state index contributed by atoms with van der Waals surface area (Å²) >= 11 is 8.15. The van der Waals surface area contributed by atoms with Gasteiger partial charge in [0.15, 0.2) is 12.4 Å². The molecule has 0 aliphatic carbocycles. The van der Waals surface area contributed by atoms with Crippen molar-refractivity contribution in [2.45, 2.75) is 33.4 Å². The van der Waals surface area contributed by atoms with E-state index in [1.807, 2.05) is 4.57 Å². The number of aliphatic carboxylic acids is 1. The Morgan fingerprint density at radius 1 is 1.34 bits per heavy atom. The van der Waals surface area contributed by atoms with Gasteiger partial charge < -0.3 is 14.4 Å². The molecule has 1 N–H and O–H groups in total. The normalized spacial score (nSPS) is 15.5. The molecule has 2 aliphatic rings. The zero-order valence-electron chi connectivity index (χ0n) is 21.9. The lowest BCUT2D eigenvalue weighted by atomic mass is 9.92. The number of rotatable bonds is 4. The molecule has 2 aromatic carbocycles. The van der Waals surface area contributed by atoms with E-state index in [9.17, 15) is 18.8 Å². The van der Waals surface area contributed by atoms with Crippen LogP contribution in [0.15, 0.2) is 40.1 Å². The van der Waals surface area contributed by atoms with Crippen LogP contribution in [0.25, 0.3) is 10.2 Å². The first kappa shape index (κ1) is 28.5. The van der Waals surface area contributed by atoms with Crippen molar-refractivity contribution < 1.29 is 23.8 Å². The van der Waals surface area contributed by atoms with Gasteiger partial charge in [0.25, 0.3) is 5.91 Å². The van der Waals surface area contributed by atoms with Gasteiger partial charge in [-0.05, 0) is 23.6 Å². The van der Waals surface area contributed by atoms with Crippen molar-refractivity contribution in [2.24, 2.45) is 10.4 Å². The molecule has 0 atom stereocenters. The monoisotopic (exact) mass is 615 g/mol. The number of terminal acetylenes is 1. The molecule has 0 bridgehead atoms. The number of hydrogen-bond donors (Lipinski definition) is 1. The Morgan fingerprint density at radius 3 is 2.85 bits per heavy atom. The molecule has 2 aliphatic heterocycles. The third kappa shape index (κ3) is 5.76. The average molecular weight is 616 g/mol. The minimum atomic E-state index is -1.06. The third-order valence-corrected chi connectivity index (χ3v) is 8.39. The fraction of sp³-hybridized carbons (Fsp3) is 0.296. The molecule has 0 unspecified atom stereocenters. The maximum atomic E-state index is 14.5. The van der Waals surface area contributed by atoms with Gasteiger partial charge in [0.05, 0.1) is 27.5 Å². The van der Waals surface area contributed by atoms with E-state index in [4.69, 9.17) is 27.9 Å². The van der Waals surface area contributed by atoms with Gasteiger partial charge in [0, 0.05) is 30.6 Å². The van der Waals surface area contributed by atoms with E-state index in [0.29, 0.717) is 31.5 Å². The highest BCUT2D eigenvalue weighted by Gasteiger charge is 2.31. The lowest BCUT2D eigenvalue weighted by Crippen LogP contribution is -2.39. The van der Waals surface area contributed by atoms with Crippen molar-refractivity contribution in [3.8, 4) is 18.1 Å². The molecule has 0 radical (unpaired) electrons. The molecule has 4 aromatic rings. The largest absolute Gasteiger partial charge is 0.481 e. The lowest BCUT2D eigenvalue weighted by Gasteiger charge is -2.28. The number of halogens is 2. The van der Waals surface area contributed by atoms with Crippen LogP contribution in [-0.4, -0.2) is 43.6 Å². The van der Waals surface area contributed by atoms with Crippen molar-refractivity contribution in [3.05, 3.63) is 61.5 Å². The number of aromatic nitrogens is 3. The third-order valence-electron chi connectivity index (χ3n) is 6.37. The number of anilines is 1. The number of carboxylic acids is 1. The standard InChI is InChI=1S/C18H17FN4O2S.C9H6ClNO3S/c1-4-5-22-13-7-12(11(19)6-14(13)25-9-16(22)24)20-17-23-10-18(2,3)8-15(23)21-26-17;10-5-2-1-3-6-8(5)11(4-7(12)13)9(14)15-6/h1,6-7H,5,8-10H2,2-3H3;1-3H,4H2,(H,12,13). The summed E-state index contributed by atoms with van der Waals surface area (Å²) in [6, 6.07) is 7.86. The van der Waals surface area contributed by atoms with Gasteiger partial charge in [-0.15, -0.1) is 6.42 Å². The lowest BCUT2D eigenvalue weighted by molar-refractivity contribution is -0.137. The predicted octanol–water partition coefficient (Wildman–Crippen LogP) is 4.06. The predicted molar refractivity (Wildman–Crippen MR) is 155 cm³/mol. The van der Waals surface area contributed by atoms with E-state index in [2.05, 4.69) is 29.1 Å². The number of carbonyl (C=O) groups excluding carboxylic acids is 1. The minimum Gasteiger partial charge on any atom is -0.481 e. The number of benzene rings is 2. The van der Waals surface area contributed by atoms with Crippen molar-refractivity contribution in [2.75, 3.05) is 18.1 Å². The van der Waals surface area contributed by atoms with Crippen LogP contribution in [0.1, 0.15) is 19.7 Å². The van der Waals surface area contributed by atoms with E-state index in [0.717, 1.165) is 30.1 Å². The Bertz CT molecular complexity index is 1870. The van der Waals surface area contributed by atoms with Crippen molar-refractivity contribution in [3.63, 3.8) is 0 Å². The molecule has 1 amide bonds. The SMILES string of the molecule is C#CCN1C(=O)COc2cc(F)c(N=c3snc4n3CC(C)(C)C4)cc21.O=C(O)Cn1c(=O)sc2cccc(Cl)c21. The highest BCUT2D eigenvalue weighted by Crippen LogP contribution is 2.37. The first-order chi connectivity index (χ1) is 19.5. The van der Waals surface area contributed by atoms with Gasteiger partial charge >= 0.3 is 10.8 Å². The van der Waals surface area contributed by atoms with Crippen LogP contribution in [0.5, 0.6) is 5.75 Å². The van der Waals surface area contributed by atoms with Gasteiger partial charge in [0.2, 0.25) is 4.80 Å². The summed E-state index contributed by atoms with van der Waals surface area (Å²) in [5.41, 5.74) is 1.17. The van der Waals surface area contributed by atoms with Gasteiger partial charge in [0.1, 0.15) is 23.8 Å². The van der Waals surface area contributed by atoms with E-state index in [1.165, 1.54) is 33.1 Å². The van der Waals surface area contributed by atoms with Gasteiger partial charge in [-0.25, -0.2) is 9.38 Å². The van der Waals surface area contributed by atoms with Crippen molar-refractivity contribution in [1.82, 2.24) is 13.5 Å². The molecule has 10 nitrogen and oxygen atoms in total. The van der Waals surface area contributed by atoms with Crippen LogP contribution < -0.4 is 19.3 Å². The zero-order valence-corrected chi connectivity index (χ0v) is 24.3. The molecular weight excluding hydrogens is 593 g/mol. The maximum Gasteiger partial charge on any atom is 0.323 e. The van der Waals surface area contributed by atoms with E-state index >= 15 is 0 Å². The summed E-state index contributed by atoms with van der Waals surface area (Å²) in [6.45, 7) is 4.70. The zero-order chi connectivity index (χ0) is 29.5. The summed E-state index contributed by atoms with van der Waals surface area (Å²) in [5, 5.41) is 9.06. The number of amides is 1. The molecule has 212 valence electrons. The first-order valence-corrected chi connectivity index (χ1v) is 14.2. The summed E-state index contributed by atoms with van der Waals surface area (Å²) in [6.07, 6.45) is 6.22. The van der Waals surface area contributed by atoms with Gasteiger partial charge in [-0.1, -0.05) is 48.8 Å². The van der Waals surface area contributed by atoms with E-state index in [-0.39, 0.29) is 41.6 Å². The van der Waals surface area contributed by atoms with Crippen molar-refractivity contribution in [1.29, 1.82) is 0 Å². The molecule has 4 heterocycles. The summed E-state index contributed by atoms with van der Waals surface area (Å²) in [4.78, 5) is 40.3. The van der Waals surface area contributed by atoms with E-state index in [1.54, 1.807) is 18.2 Å². The molecule has 0 fully saturated rings. The second kappa shape index (κ2) is 11.1. The quantitative estimate of drug-likeness (QED) is 0.346. The molecule has 6 rings (SSSR count). The Morgan fingerprint density at radius 2 is 2.12 bits per heavy atom. The number of para-hydroxylation sites is 1. The number of hydrogen-bond acceptors (Lipinski definition) is 8. The smallest absolute Gasteiger partial charge is 0.323 e. The molecule has 0 saturated heterocycles. The van der Waals surface area contributed by atoms with Crippen LogP contribution in [0.4, 0.5) is 15.8 Å². The highest BCUT2D eigenvalue weighted by molar-refractivity contribution is 7.16. The van der Waals surface area contributed by atoms with Crippen LogP contribution in [-0.2, 0) is 29.1 Å². The Labute approximate surface area is 246 Å². The molecular formula is C27H23ClFN5O5S2. The molecule has 14 heteroatoms. The second-order valence-corrected chi connectivity index (χ2v) is 12.2. The molecule has 0 saturated carbocycles. The van der Waals surface area contributed by atoms with E-state index < -0.39 is 11.8 Å². The highest BCUT2D eigenvalue weighted by atomic mass is 35.5. The fourth-order valence-electron chi connectivity index (χ4n) is 4.61. The van der Waals surface area contributed by atoms with Gasteiger partial charge in [-0.3, -0.25) is 23.9 Å². The summed E-state index contributed by atoms with van der Waals surface area (Å²) in [7, 11) is 0. The van der Waals surface area contributed by atoms with Crippen LogP contribution in [0, 0.1) is 23.6 Å². The van der Waals surface area contributed by atoms with Gasteiger partial charge in [-0.2, -0.15) is 4.37 Å². The molecule has 0 spiro atoms. The summed E-state index contributed by atoms with van der Waals surface area (Å²) < 4.78 is 28.2. The second-order valence-electron chi connectivity index (χ2n) is 10.1. The Balaban J connectivity index is 0.000000191.